The van der Waals surface area contributed by atoms with Crippen LogP contribution in [0.5, 0.6) is 0 Å². The van der Waals surface area contributed by atoms with Crippen molar-refractivity contribution in [2.24, 2.45) is 0 Å². The fraction of sp³-hybridized carbons (Fsp3) is 0.529. The fourth-order valence-electron chi connectivity index (χ4n) is 2.56. The maximum absolute atomic E-state index is 12.0. The molecule has 0 unspecified atom stereocenters. The number of nitrogens with one attached hydrogen (secondary N) is 2. The van der Waals surface area contributed by atoms with Gasteiger partial charge in [-0.25, -0.2) is 4.79 Å². The van der Waals surface area contributed by atoms with E-state index in [0.29, 0.717) is 32.8 Å². The van der Waals surface area contributed by atoms with Crippen LogP contribution in [-0.2, 0) is 9.53 Å². The van der Waals surface area contributed by atoms with E-state index in [0.717, 1.165) is 18.8 Å². The first-order valence-electron chi connectivity index (χ1n) is 8.39. The molecule has 2 rings (SSSR count). The van der Waals surface area contributed by atoms with Gasteiger partial charge in [-0.3, -0.25) is 9.69 Å². The van der Waals surface area contributed by atoms with Gasteiger partial charge in [0, 0.05) is 17.2 Å². The lowest BCUT2D eigenvalue weighted by Crippen LogP contribution is -3.15. The number of piperazine rings is 1. The Kier molecular flexibility index (Phi) is 7.91. The number of benzene rings is 1. The third-order valence-electron chi connectivity index (χ3n) is 3.84. The average molecular weight is 352 g/mol. The molecular weight excluding hydrogens is 326 g/mol. The molecule has 0 radical (unpaired) electrons. The summed E-state index contributed by atoms with van der Waals surface area (Å²) in [7, 11) is 0. The molecule has 0 atom stereocenters. The molecule has 0 bridgehead atoms. The van der Waals surface area contributed by atoms with Crippen molar-refractivity contribution in [1.29, 1.82) is 0 Å². The molecule has 7 heteroatoms. The number of amides is 2. The van der Waals surface area contributed by atoms with Crippen LogP contribution in [0.15, 0.2) is 35.2 Å². The molecule has 1 aliphatic rings. The second-order valence-corrected chi connectivity index (χ2v) is 6.79. The van der Waals surface area contributed by atoms with Crippen molar-refractivity contribution < 1.29 is 19.2 Å². The van der Waals surface area contributed by atoms with Crippen molar-refractivity contribution in [3.63, 3.8) is 0 Å². The summed E-state index contributed by atoms with van der Waals surface area (Å²) in [5.41, 5.74) is 0. The number of hydrogen-bond donors (Lipinski definition) is 2. The molecule has 132 valence electrons. The van der Waals surface area contributed by atoms with Gasteiger partial charge in [-0.15, -0.1) is 11.8 Å². The smallest absolute Gasteiger partial charge is 0.410 e. The number of hydrogen-bond acceptors (Lipinski definition) is 4. The molecule has 0 saturated carbocycles. The summed E-state index contributed by atoms with van der Waals surface area (Å²) in [5.74, 6) is 0.935. The van der Waals surface area contributed by atoms with Crippen LogP contribution >= 0.6 is 11.8 Å². The largest absolute Gasteiger partial charge is 0.450 e. The summed E-state index contributed by atoms with van der Waals surface area (Å²) < 4.78 is 5.00. The van der Waals surface area contributed by atoms with Gasteiger partial charge in [-0.1, -0.05) is 18.2 Å². The first-order valence-corrected chi connectivity index (χ1v) is 9.37. The van der Waals surface area contributed by atoms with E-state index in [1.54, 1.807) is 23.6 Å². The van der Waals surface area contributed by atoms with Crippen LogP contribution in [0.1, 0.15) is 6.92 Å². The zero-order valence-electron chi connectivity index (χ0n) is 14.1. The highest BCUT2D eigenvalue weighted by molar-refractivity contribution is 7.99. The Morgan fingerprint density at radius 3 is 2.62 bits per heavy atom. The Hall–Kier alpha value is -1.73. The monoisotopic (exact) mass is 352 g/mol. The Bertz CT molecular complexity index is 519. The van der Waals surface area contributed by atoms with Crippen LogP contribution in [-0.4, -0.2) is 68.5 Å². The highest BCUT2D eigenvalue weighted by Crippen LogP contribution is 2.15. The second kappa shape index (κ2) is 10.2. The van der Waals surface area contributed by atoms with Crippen molar-refractivity contribution in [2.75, 3.05) is 51.6 Å². The van der Waals surface area contributed by atoms with Gasteiger partial charge in [0.25, 0.3) is 5.91 Å². The number of thioether (sulfide) groups is 1. The second-order valence-electron chi connectivity index (χ2n) is 5.62. The maximum Gasteiger partial charge on any atom is 0.410 e. The topological polar surface area (TPSA) is 63.1 Å². The molecule has 0 spiro atoms. The first-order chi connectivity index (χ1) is 11.7. The van der Waals surface area contributed by atoms with Crippen molar-refractivity contribution in [3.05, 3.63) is 30.3 Å². The number of nitrogens with zero attached hydrogens (tertiary/aromatic N) is 1. The third kappa shape index (κ3) is 6.41. The molecule has 24 heavy (non-hydrogen) atoms. The number of rotatable bonds is 7. The average Bonchev–Trinajstić information content (AvgIpc) is 2.60. The SMILES string of the molecule is CCOC(=O)N1CC[NH+](CC(=O)NCCSc2ccccc2)CC1. The van der Waals surface area contributed by atoms with E-state index in [9.17, 15) is 9.59 Å². The molecule has 1 aromatic carbocycles. The van der Waals surface area contributed by atoms with Gasteiger partial charge < -0.3 is 15.0 Å². The van der Waals surface area contributed by atoms with Crippen molar-refractivity contribution in [3.8, 4) is 0 Å². The normalized spacial score (nSPS) is 15.1. The molecule has 1 aliphatic heterocycles. The van der Waals surface area contributed by atoms with Gasteiger partial charge in [0.15, 0.2) is 6.54 Å². The molecule has 1 fully saturated rings. The van der Waals surface area contributed by atoms with Crippen LogP contribution in [0.4, 0.5) is 4.79 Å². The highest BCUT2D eigenvalue weighted by Gasteiger charge is 2.25. The van der Waals surface area contributed by atoms with Crippen LogP contribution in [0, 0.1) is 0 Å². The van der Waals surface area contributed by atoms with Crippen LogP contribution in [0.25, 0.3) is 0 Å². The zero-order chi connectivity index (χ0) is 17.2. The zero-order valence-corrected chi connectivity index (χ0v) is 14.9. The predicted octanol–water partition coefficient (Wildman–Crippen LogP) is 0.252. The van der Waals surface area contributed by atoms with Gasteiger partial charge in [-0.05, 0) is 19.1 Å². The lowest BCUT2D eigenvalue weighted by Gasteiger charge is -2.31. The minimum atomic E-state index is -0.251. The summed E-state index contributed by atoms with van der Waals surface area (Å²) in [6, 6.07) is 10.2. The van der Waals surface area contributed by atoms with Gasteiger partial charge in [0.2, 0.25) is 0 Å². The van der Waals surface area contributed by atoms with E-state index < -0.39 is 0 Å². The molecule has 1 saturated heterocycles. The number of quaternary nitrogens is 1. The number of carbonyl (C=O) groups excluding carboxylic acids is 2. The molecule has 1 heterocycles. The van der Waals surface area contributed by atoms with Gasteiger partial charge in [0.1, 0.15) is 0 Å². The van der Waals surface area contributed by atoms with Gasteiger partial charge in [-0.2, -0.15) is 0 Å². The predicted molar refractivity (Wildman–Crippen MR) is 94.3 cm³/mol. The lowest BCUT2D eigenvalue weighted by atomic mass is 10.3. The Balaban J connectivity index is 1.57. The Morgan fingerprint density at radius 2 is 1.96 bits per heavy atom. The molecule has 6 nitrogen and oxygen atoms in total. The van der Waals surface area contributed by atoms with E-state index in [4.69, 9.17) is 4.74 Å². The molecule has 0 aliphatic carbocycles. The minimum Gasteiger partial charge on any atom is -0.450 e. The summed E-state index contributed by atoms with van der Waals surface area (Å²) in [6.07, 6.45) is -0.251. The number of ether oxygens (including phenoxy) is 1. The van der Waals surface area contributed by atoms with E-state index in [1.807, 2.05) is 18.2 Å². The van der Waals surface area contributed by atoms with Crippen molar-refractivity contribution in [1.82, 2.24) is 10.2 Å². The van der Waals surface area contributed by atoms with E-state index in [2.05, 4.69) is 17.4 Å². The van der Waals surface area contributed by atoms with E-state index >= 15 is 0 Å². The molecule has 2 amide bonds. The molecule has 1 aromatic rings. The molecular formula is C17H26N3O3S+. The van der Waals surface area contributed by atoms with Gasteiger partial charge >= 0.3 is 6.09 Å². The molecule has 2 N–H and O–H groups in total. The Morgan fingerprint density at radius 1 is 1.25 bits per heavy atom. The minimum absolute atomic E-state index is 0.0725. The van der Waals surface area contributed by atoms with Crippen molar-refractivity contribution >= 4 is 23.8 Å². The highest BCUT2D eigenvalue weighted by atomic mass is 32.2. The fourth-order valence-corrected chi connectivity index (χ4v) is 3.35. The first kappa shape index (κ1) is 18.6. The third-order valence-corrected chi connectivity index (χ3v) is 4.86. The standard InChI is InChI=1S/C17H25N3O3S/c1-2-23-17(22)20-11-9-19(10-12-20)14-16(21)18-8-13-24-15-6-4-3-5-7-15/h3-7H,2,8-14H2,1H3,(H,18,21)/p+1. The van der Waals surface area contributed by atoms with Gasteiger partial charge in [0.05, 0.1) is 32.8 Å². The summed E-state index contributed by atoms with van der Waals surface area (Å²) in [5, 5.41) is 2.97. The van der Waals surface area contributed by atoms with Crippen molar-refractivity contribution in [2.45, 2.75) is 11.8 Å². The quantitative estimate of drug-likeness (QED) is 0.546. The van der Waals surface area contributed by atoms with Crippen LogP contribution < -0.4 is 10.2 Å². The van der Waals surface area contributed by atoms with E-state index in [-0.39, 0.29) is 12.0 Å². The van der Waals surface area contributed by atoms with Crippen LogP contribution in [0.3, 0.4) is 0 Å². The molecule has 0 aromatic heterocycles. The number of carbonyl (C=O) groups is 2. The summed E-state index contributed by atoms with van der Waals surface area (Å²) in [4.78, 5) is 27.8. The van der Waals surface area contributed by atoms with Crippen LogP contribution in [0.2, 0.25) is 0 Å². The maximum atomic E-state index is 12.0. The lowest BCUT2D eigenvalue weighted by molar-refractivity contribution is -0.896. The van der Waals surface area contributed by atoms with E-state index in [1.165, 1.54) is 9.80 Å². The summed E-state index contributed by atoms with van der Waals surface area (Å²) >= 11 is 1.74. The Labute approximate surface area is 147 Å². The summed E-state index contributed by atoms with van der Waals surface area (Å²) in [6.45, 7) is 6.19.